The number of ether oxygens (including phenoxy) is 1. The Morgan fingerprint density at radius 3 is 2.85 bits per heavy atom. The van der Waals surface area contributed by atoms with Crippen LogP contribution in [0.2, 0.25) is 0 Å². The quantitative estimate of drug-likeness (QED) is 0.797. The van der Waals surface area contributed by atoms with E-state index in [1.165, 1.54) is 6.07 Å². The van der Waals surface area contributed by atoms with Crippen LogP contribution in [0.4, 0.5) is 10.1 Å². The molecule has 20 heavy (non-hydrogen) atoms. The molecule has 1 aliphatic heterocycles. The van der Waals surface area contributed by atoms with Crippen molar-refractivity contribution in [1.82, 2.24) is 4.72 Å². The third kappa shape index (κ3) is 3.30. The average molecular weight is 367 g/mol. The maximum Gasteiger partial charge on any atom is 0.243 e. The standard InChI is InChI=1S/C12H16BrFN2O3S/c1-7-8(2-3-19-7)6-16-20(17,18)11-5-9(15)4-10(13)12(11)14/h4-5,7-8,16H,2-3,6,15H2,1H3. The molecule has 8 heteroatoms. The fourth-order valence-corrected chi connectivity index (χ4v) is 3.95. The van der Waals surface area contributed by atoms with Crippen LogP contribution < -0.4 is 10.5 Å². The molecule has 112 valence electrons. The summed E-state index contributed by atoms with van der Waals surface area (Å²) in [7, 11) is -3.94. The predicted octanol–water partition coefficient (Wildman–Crippen LogP) is 1.87. The first-order valence-corrected chi connectivity index (χ1v) is 8.44. The van der Waals surface area contributed by atoms with Gasteiger partial charge in [0.15, 0.2) is 5.82 Å². The summed E-state index contributed by atoms with van der Waals surface area (Å²) < 4.78 is 46.0. The van der Waals surface area contributed by atoms with Gasteiger partial charge in [0.25, 0.3) is 0 Å². The number of halogens is 2. The van der Waals surface area contributed by atoms with Gasteiger partial charge in [-0.3, -0.25) is 0 Å². The van der Waals surface area contributed by atoms with E-state index in [-0.39, 0.29) is 28.7 Å². The summed E-state index contributed by atoms with van der Waals surface area (Å²) >= 11 is 2.95. The van der Waals surface area contributed by atoms with Crippen LogP contribution in [0.25, 0.3) is 0 Å². The Morgan fingerprint density at radius 1 is 1.55 bits per heavy atom. The van der Waals surface area contributed by atoms with Crippen LogP contribution in [-0.2, 0) is 14.8 Å². The van der Waals surface area contributed by atoms with Crippen LogP contribution in [0.1, 0.15) is 13.3 Å². The van der Waals surface area contributed by atoms with Crippen LogP contribution >= 0.6 is 15.9 Å². The van der Waals surface area contributed by atoms with E-state index in [1.807, 2.05) is 6.92 Å². The van der Waals surface area contributed by atoms with Crippen LogP contribution in [0, 0.1) is 11.7 Å². The molecule has 1 fully saturated rings. The lowest BCUT2D eigenvalue weighted by atomic mass is 10.0. The largest absolute Gasteiger partial charge is 0.399 e. The maximum absolute atomic E-state index is 13.9. The van der Waals surface area contributed by atoms with E-state index in [1.54, 1.807) is 0 Å². The van der Waals surface area contributed by atoms with Gasteiger partial charge in [-0.25, -0.2) is 17.5 Å². The molecule has 5 nitrogen and oxygen atoms in total. The highest BCUT2D eigenvalue weighted by Crippen LogP contribution is 2.26. The predicted molar refractivity (Wildman–Crippen MR) is 77.2 cm³/mol. The minimum Gasteiger partial charge on any atom is -0.399 e. The van der Waals surface area contributed by atoms with Gasteiger partial charge in [0.1, 0.15) is 4.90 Å². The number of hydrogen-bond donors (Lipinski definition) is 2. The number of nitrogens with one attached hydrogen (secondary N) is 1. The zero-order chi connectivity index (χ0) is 14.9. The van der Waals surface area contributed by atoms with Crippen molar-refractivity contribution in [3.63, 3.8) is 0 Å². The molecule has 1 aromatic carbocycles. The maximum atomic E-state index is 13.9. The summed E-state index contributed by atoms with van der Waals surface area (Å²) in [6.07, 6.45) is 0.780. The molecule has 0 saturated carbocycles. The molecule has 0 aliphatic carbocycles. The second-order valence-electron chi connectivity index (χ2n) is 4.79. The Hall–Kier alpha value is -0.700. The van der Waals surface area contributed by atoms with Crippen molar-refractivity contribution >= 4 is 31.6 Å². The highest BCUT2D eigenvalue weighted by Gasteiger charge is 2.27. The summed E-state index contributed by atoms with van der Waals surface area (Å²) in [5.41, 5.74) is 5.73. The van der Waals surface area contributed by atoms with Crippen molar-refractivity contribution < 1.29 is 17.5 Å². The molecule has 0 radical (unpaired) electrons. The molecule has 0 aromatic heterocycles. The zero-order valence-electron chi connectivity index (χ0n) is 10.9. The molecule has 1 saturated heterocycles. The second-order valence-corrected chi connectivity index (χ2v) is 7.38. The van der Waals surface area contributed by atoms with E-state index in [4.69, 9.17) is 10.5 Å². The Bertz CT molecular complexity index is 609. The van der Waals surface area contributed by atoms with Gasteiger partial charge < -0.3 is 10.5 Å². The van der Waals surface area contributed by atoms with E-state index in [2.05, 4.69) is 20.7 Å². The van der Waals surface area contributed by atoms with Crippen molar-refractivity contribution in [2.75, 3.05) is 18.9 Å². The average Bonchev–Trinajstić information content (AvgIpc) is 2.77. The number of sulfonamides is 1. The van der Waals surface area contributed by atoms with Crippen molar-refractivity contribution in [1.29, 1.82) is 0 Å². The van der Waals surface area contributed by atoms with Gasteiger partial charge in [-0.05, 0) is 41.4 Å². The lowest BCUT2D eigenvalue weighted by molar-refractivity contribution is 0.107. The summed E-state index contributed by atoms with van der Waals surface area (Å²) in [5, 5.41) is 0. The smallest absolute Gasteiger partial charge is 0.243 e. The van der Waals surface area contributed by atoms with Crippen LogP contribution in [0.15, 0.2) is 21.5 Å². The lowest BCUT2D eigenvalue weighted by Crippen LogP contribution is -2.32. The monoisotopic (exact) mass is 366 g/mol. The number of hydrogen-bond acceptors (Lipinski definition) is 4. The third-order valence-electron chi connectivity index (χ3n) is 3.38. The molecule has 1 heterocycles. The molecule has 1 aliphatic rings. The van der Waals surface area contributed by atoms with Gasteiger partial charge in [0.05, 0.1) is 10.6 Å². The summed E-state index contributed by atoms with van der Waals surface area (Å²) in [5.74, 6) is -0.750. The first kappa shape index (κ1) is 15.7. The molecule has 1 aromatic rings. The zero-order valence-corrected chi connectivity index (χ0v) is 13.3. The molecular weight excluding hydrogens is 351 g/mol. The van der Waals surface area contributed by atoms with Crippen molar-refractivity contribution in [2.45, 2.75) is 24.3 Å². The SMILES string of the molecule is CC1OCCC1CNS(=O)(=O)c1cc(N)cc(Br)c1F. The lowest BCUT2D eigenvalue weighted by Gasteiger charge is -2.15. The van der Waals surface area contributed by atoms with E-state index in [0.717, 1.165) is 12.5 Å². The van der Waals surface area contributed by atoms with Crippen molar-refractivity contribution in [3.8, 4) is 0 Å². The van der Waals surface area contributed by atoms with E-state index < -0.39 is 20.7 Å². The summed E-state index contributed by atoms with van der Waals surface area (Å²) in [4.78, 5) is -0.448. The number of anilines is 1. The topological polar surface area (TPSA) is 81.4 Å². The van der Waals surface area contributed by atoms with E-state index in [9.17, 15) is 12.8 Å². The number of rotatable bonds is 4. The Kier molecular flexibility index (Phi) is 4.68. The molecule has 0 bridgehead atoms. The van der Waals surface area contributed by atoms with Crippen molar-refractivity contribution in [2.24, 2.45) is 5.92 Å². The van der Waals surface area contributed by atoms with E-state index in [0.29, 0.717) is 6.61 Å². The number of nitrogen functional groups attached to an aromatic ring is 1. The molecule has 0 spiro atoms. The van der Waals surface area contributed by atoms with E-state index >= 15 is 0 Å². The van der Waals surface area contributed by atoms with Crippen LogP contribution in [0.5, 0.6) is 0 Å². The molecule has 2 rings (SSSR count). The number of benzene rings is 1. The third-order valence-corrected chi connectivity index (χ3v) is 5.38. The molecule has 2 unspecified atom stereocenters. The highest BCUT2D eigenvalue weighted by molar-refractivity contribution is 9.10. The van der Waals surface area contributed by atoms with Gasteiger partial charge in [-0.2, -0.15) is 0 Å². The molecular formula is C12H16BrFN2O3S. The highest BCUT2D eigenvalue weighted by atomic mass is 79.9. The van der Waals surface area contributed by atoms with Gasteiger partial charge in [-0.1, -0.05) is 0 Å². The van der Waals surface area contributed by atoms with Crippen molar-refractivity contribution in [3.05, 3.63) is 22.4 Å². The minimum atomic E-state index is -3.94. The minimum absolute atomic E-state index is 0.00451. The summed E-state index contributed by atoms with van der Waals surface area (Å²) in [6.45, 7) is 2.73. The second kappa shape index (κ2) is 5.97. The Labute approximate surface area is 125 Å². The first-order valence-electron chi connectivity index (χ1n) is 6.17. The fourth-order valence-electron chi connectivity index (χ4n) is 2.12. The Morgan fingerprint density at radius 2 is 2.25 bits per heavy atom. The van der Waals surface area contributed by atoms with Crippen LogP contribution in [0.3, 0.4) is 0 Å². The molecule has 0 amide bonds. The number of nitrogens with two attached hydrogens (primary N) is 1. The summed E-state index contributed by atoms with van der Waals surface area (Å²) in [6, 6.07) is 2.43. The Balaban J connectivity index is 2.18. The van der Waals surface area contributed by atoms with Gasteiger partial charge in [0, 0.05) is 24.8 Å². The van der Waals surface area contributed by atoms with Gasteiger partial charge in [-0.15, -0.1) is 0 Å². The van der Waals surface area contributed by atoms with Gasteiger partial charge in [0.2, 0.25) is 10.0 Å². The van der Waals surface area contributed by atoms with Gasteiger partial charge >= 0.3 is 0 Å². The normalized spacial score (nSPS) is 23.1. The van der Waals surface area contributed by atoms with Crippen LogP contribution in [-0.4, -0.2) is 27.7 Å². The fraction of sp³-hybridized carbons (Fsp3) is 0.500. The molecule has 2 atom stereocenters. The first-order chi connectivity index (χ1) is 9.31. The molecule has 3 N–H and O–H groups in total.